The Bertz CT molecular complexity index is 1030. The van der Waals surface area contributed by atoms with Crippen LogP contribution in [0.3, 0.4) is 0 Å². The van der Waals surface area contributed by atoms with Crippen molar-refractivity contribution in [3.63, 3.8) is 0 Å². The fourth-order valence-electron chi connectivity index (χ4n) is 3.65. The molecule has 0 spiro atoms. The first-order valence-corrected chi connectivity index (χ1v) is 11.7. The summed E-state index contributed by atoms with van der Waals surface area (Å²) in [5.41, 5.74) is 1.98. The summed E-state index contributed by atoms with van der Waals surface area (Å²) >= 11 is 0. The van der Waals surface area contributed by atoms with Gasteiger partial charge in [-0.2, -0.15) is 22.7 Å². The topological polar surface area (TPSA) is 131 Å². The number of hydrogen-bond donors (Lipinski definition) is 3. The van der Waals surface area contributed by atoms with Crippen LogP contribution < -0.4 is 5.32 Å². The van der Waals surface area contributed by atoms with Crippen LogP contribution >= 0.6 is 0 Å². The van der Waals surface area contributed by atoms with Crippen molar-refractivity contribution in [1.82, 2.24) is 4.31 Å². The molecule has 0 radical (unpaired) electrons. The number of carboxylic acids is 1. The van der Waals surface area contributed by atoms with Crippen LogP contribution in [0.5, 0.6) is 0 Å². The van der Waals surface area contributed by atoms with E-state index in [4.69, 9.17) is 9.90 Å². The molecule has 1 heterocycles. The number of carboxylic acid groups (broad SMARTS) is 1. The molecule has 2 atom stereocenters. The van der Waals surface area contributed by atoms with Crippen LogP contribution in [-0.2, 0) is 14.8 Å². The highest BCUT2D eigenvalue weighted by Crippen LogP contribution is 2.28. The number of carbonyl (C=O) groups is 1. The molecule has 3 N–H and O–H groups in total. The Morgan fingerprint density at radius 1 is 1.30 bits per heavy atom. The Hall–Kier alpha value is -2.62. The van der Waals surface area contributed by atoms with E-state index in [0.29, 0.717) is 37.2 Å². The zero-order valence-corrected chi connectivity index (χ0v) is 18.8. The summed E-state index contributed by atoms with van der Waals surface area (Å²) in [6.45, 7) is 2.80. The van der Waals surface area contributed by atoms with Gasteiger partial charge in [0.25, 0.3) is 0 Å². The molecule has 0 amide bonds. The fraction of sp³-hybridized carbons (Fsp3) is 0.524. The quantitative estimate of drug-likeness (QED) is 0.554. The molecule has 12 heteroatoms. The molecule has 1 aromatic carbocycles. The monoisotopic (exact) mass is 489 g/mol. The molecular weight excluding hydrogens is 463 g/mol. The number of nitrogens with one attached hydrogen (secondary N) is 1. The van der Waals surface area contributed by atoms with Crippen molar-refractivity contribution >= 4 is 21.7 Å². The third kappa shape index (κ3) is 7.45. The fourth-order valence-corrected chi connectivity index (χ4v) is 5.17. The van der Waals surface area contributed by atoms with E-state index in [1.54, 1.807) is 12.1 Å². The Morgan fingerprint density at radius 3 is 2.52 bits per heavy atom. The number of benzene rings is 1. The Kier molecular flexibility index (Phi) is 8.88. The Balaban J connectivity index is 0.000000479. The second-order valence-corrected chi connectivity index (χ2v) is 9.90. The minimum absolute atomic E-state index is 0.0453. The lowest BCUT2D eigenvalue weighted by molar-refractivity contribution is -0.192. The van der Waals surface area contributed by atoms with Gasteiger partial charge in [-0.3, -0.25) is 0 Å². The molecule has 3 rings (SSSR count). The maximum atomic E-state index is 13.0. The summed E-state index contributed by atoms with van der Waals surface area (Å²) in [5.74, 6) is -2.76. The third-order valence-electron chi connectivity index (χ3n) is 5.29. The molecule has 8 nitrogen and oxygen atoms in total. The molecule has 2 aliphatic rings. The molecule has 2 unspecified atom stereocenters. The van der Waals surface area contributed by atoms with Gasteiger partial charge in [0.05, 0.1) is 22.3 Å². The molecule has 182 valence electrons. The largest absolute Gasteiger partial charge is 0.490 e. The van der Waals surface area contributed by atoms with Crippen LogP contribution in [0.25, 0.3) is 0 Å². The number of nitrogens with zero attached hydrogens (tertiary/aromatic N) is 2. The zero-order valence-electron chi connectivity index (χ0n) is 18.0. The molecule has 1 aromatic rings. The van der Waals surface area contributed by atoms with E-state index >= 15 is 0 Å². The second-order valence-electron chi connectivity index (χ2n) is 7.96. The lowest BCUT2D eigenvalue weighted by atomic mass is 9.92. The number of aliphatic hydroxyl groups is 1. The number of sulfonamides is 1. The first-order chi connectivity index (χ1) is 15.3. The van der Waals surface area contributed by atoms with Gasteiger partial charge in [-0.05, 0) is 57.2 Å². The highest BCUT2D eigenvalue weighted by Gasteiger charge is 2.38. The molecule has 1 aliphatic heterocycles. The molecule has 1 fully saturated rings. The molecule has 0 aromatic heterocycles. The number of alkyl halides is 3. The molecule has 33 heavy (non-hydrogen) atoms. The van der Waals surface area contributed by atoms with Crippen LogP contribution in [0.4, 0.5) is 18.9 Å². The maximum absolute atomic E-state index is 13.0. The van der Waals surface area contributed by atoms with Crippen LogP contribution in [0.15, 0.2) is 34.7 Å². The maximum Gasteiger partial charge on any atom is 0.490 e. The van der Waals surface area contributed by atoms with Crippen molar-refractivity contribution < 1.29 is 36.6 Å². The molecular formula is C21H26F3N3O5S. The SMILES string of the molecule is CC1=CCCN(S(=O)(=O)c2ccc(C#N)c(NC3CCCC(O)C3)c2)C1.O=C(O)C(F)(F)F. The molecule has 0 saturated heterocycles. The number of halogens is 3. The minimum Gasteiger partial charge on any atom is -0.475 e. The third-order valence-corrected chi connectivity index (χ3v) is 7.14. The van der Waals surface area contributed by atoms with E-state index < -0.39 is 22.2 Å². The van der Waals surface area contributed by atoms with Crippen LogP contribution in [0.2, 0.25) is 0 Å². The van der Waals surface area contributed by atoms with Gasteiger partial charge in [0.2, 0.25) is 10.0 Å². The summed E-state index contributed by atoms with van der Waals surface area (Å²) in [5, 5.41) is 29.6. The number of hydrogen-bond acceptors (Lipinski definition) is 6. The second kappa shape index (κ2) is 11.0. The van der Waals surface area contributed by atoms with Gasteiger partial charge in [0, 0.05) is 19.1 Å². The number of aliphatic hydroxyl groups excluding tert-OH is 1. The zero-order chi connectivity index (χ0) is 24.8. The number of anilines is 1. The van der Waals surface area contributed by atoms with Crippen molar-refractivity contribution in [1.29, 1.82) is 5.26 Å². The Labute approximate surface area is 190 Å². The average molecular weight is 490 g/mol. The highest BCUT2D eigenvalue weighted by molar-refractivity contribution is 7.89. The van der Waals surface area contributed by atoms with Crippen molar-refractivity contribution in [3.05, 3.63) is 35.4 Å². The average Bonchev–Trinajstić information content (AvgIpc) is 2.73. The Morgan fingerprint density at radius 2 is 1.97 bits per heavy atom. The molecule has 1 aliphatic carbocycles. The van der Waals surface area contributed by atoms with E-state index in [2.05, 4.69) is 17.5 Å². The summed E-state index contributed by atoms with van der Waals surface area (Å²) < 4.78 is 59.2. The number of aliphatic carboxylic acids is 1. The van der Waals surface area contributed by atoms with Gasteiger partial charge in [-0.25, -0.2) is 13.2 Å². The van der Waals surface area contributed by atoms with Crippen LogP contribution in [0, 0.1) is 11.3 Å². The summed E-state index contributed by atoms with van der Waals surface area (Å²) in [7, 11) is -3.60. The summed E-state index contributed by atoms with van der Waals surface area (Å²) in [6.07, 6.45) is 0.560. The highest BCUT2D eigenvalue weighted by atomic mass is 32.2. The van der Waals surface area contributed by atoms with Gasteiger partial charge >= 0.3 is 12.1 Å². The van der Waals surface area contributed by atoms with Crippen LogP contribution in [-0.4, -0.2) is 60.3 Å². The van der Waals surface area contributed by atoms with Gasteiger partial charge in [-0.1, -0.05) is 11.6 Å². The van der Waals surface area contributed by atoms with E-state index in [1.165, 1.54) is 10.4 Å². The molecule has 0 bridgehead atoms. The molecule has 1 saturated carbocycles. The van der Waals surface area contributed by atoms with E-state index in [1.807, 2.05) is 6.92 Å². The summed E-state index contributed by atoms with van der Waals surface area (Å²) in [6, 6.07) is 6.78. The number of rotatable bonds is 4. The van der Waals surface area contributed by atoms with Gasteiger partial charge in [0.1, 0.15) is 6.07 Å². The lowest BCUT2D eigenvalue weighted by Gasteiger charge is -2.28. The normalized spacial score (nSPS) is 21.8. The van der Waals surface area contributed by atoms with Gasteiger partial charge in [-0.15, -0.1) is 0 Å². The van der Waals surface area contributed by atoms with Crippen molar-refractivity contribution in [2.45, 2.75) is 62.2 Å². The summed E-state index contributed by atoms with van der Waals surface area (Å²) in [4.78, 5) is 9.09. The predicted octanol–water partition coefficient (Wildman–Crippen LogP) is 3.25. The van der Waals surface area contributed by atoms with Crippen molar-refractivity contribution in [2.24, 2.45) is 0 Å². The smallest absolute Gasteiger partial charge is 0.475 e. The first kappa shape index (κ1) is 26.6. The standard InChI is InChI=1S/C19H25N3O3S.C2HF3O2/c1-14-4-3-9-22(13-14)26(24,25)18-8-7-15(12-20)19(11-18)21-16-5-2-6-17(23)10-16;3-2(4,5)1(6)7/h4,7-8,11,16-17,21,23H,2-3,5-6,9-10,13H2,1H3;(H,6,7). The lowest BCUT2D eigenvalue weighted by Crippen LogP contribution is -2.35. The first-order valence-electron chi connectivity index (χ1n) is 10.3. The van der Waals surface area contributed by atoms with E-state index in [0.717, 1.165) is 24.8 Å². The van der Waals surface area contributed by atoms with Crippen molar-refractivity contribution in [2.75, 3.05) is 18.4 Å². The van der Waals surface area contributed by atoms with Crippen LogP contribution in [0.1, 0.15) is 44.6 Å². The van der Waals surface area contributed by atoms with E-state index in [-0.39, 0.29) is 17.0 Å². The van der Waals surface area contributed by atoms with Gasteiger partial charge in [0.15, 0.2) is 0 Å². The minimum atomic E-state index is -5.08. The van der Waals surface area contributed by atoms with E-state index in [9.17, 15) is 32.0 Å². The van der Waals surface area contributed by atoms with Gasteiger partial charge < -0.3 is 15.5 Å². The van der Waals surface area contributed by atoms with Crippen molar-refractivity contribution in [3.8, 4) is 6.07 Å². The predicted molar refractivity (Wildman–Crippen MR) is 114 cm³/mol. The number of nitriles is 1.